The molecule has 0 aromatic carbocycles. The molecular formula is C9H15NO. The number of nitrogens with one attached hydrogen (secondary N) is 1. The fourth-order valence-corrected chi connectivity index (χ4v) is 0.967. The molecule has 0 aliphatic heterocycles. The monoisotopic (exact) mass is 153 g/mol. The highest BCUT2D eigenvalue weighted by molar-refractivity contribution is 5.16. The Morgan fingerprint density at radius 3 is 2.73 bits per heavy atom. The van der Waals surface area contributed by atoms with Gasteiger partial charge in [0.05, 0.1) is 12.8 Å². The first-order chi connectivity index (χ1) is 5.24. The lowest BCUT2D eigenvalue weighted by molar-refractivity contribution is 0.493. The van der Waals surface area contributed by atoms with Gasteiger partial charge in [-0.05, 0) is 24.6 Å². The highest BCUT2D eigenvalue weighted by Gasteiger charge is 2.03. The maximum Gasteiger partial charge on any atom is 0.117 e. The highest BCUT2D eigenvalue weighted by Crippen LogP contribution is 2.16. The van der Waals surface area contributed by atoms with Gasteiger partial charge in [0.15, 0.2) is 0 Å². The predicted octanol–water partition coefficient (Wildman–Crippen LogP) is 2.12. The second kappa shape index (κ2) is 3.58. The van der Waals surface area contributed by atoms with Crippen LogP contribution in [0.25, 0.3) is 0 Å². The van der Waals surface area contributed by atoms with Gasteiger partial charge in [0, 0.05) is 0 Å². The van der Waals surface area contributed by atoms with Crippen molar-refractivity contribution in [1.29, 1.82) is 0 Å². The van der Waals surface area contributed by atoms with E-state index in [2.05, 4.69) is 25.2 Å². The van der Waals surface area contributed by atoms with Crippen molar-refractivity contribution in [3.8, 4) is 0 Å². The lowest BCUT2D eigenvalue weighted by atomic mass is 10.1. The third-order valence-corrected chi connectivity index (χ3v) is 1.69. The van der Waals surface area contributed by atoms with Gasteiger partial charge in [-0.3, -0.25) is 0 Å². The minimum atomic E-state index is 0.560. The quantitative estimate of drug-likeness (QED) is 0.719. The maximum absolute atomic E-state index is 5.30. The van der Waals surface area contributed by atoms with E-state index in [9.17, 15) is 0 Å². The molecule has 0 fully saturated rings. The summed E-state index contributed by atoms with van der Waals surface area (Å²) >= 11 is 0. The maximum atomic E-state index is 5.30. The Morgan fingerprint density at radius 1 is 1.55 bits per heavy atom. The normalized spacial score (nSPS) is 10.9. The molecule has 0 unspecified atom stereocenters. The summed E-state index contributed by atoms with van der Waals surface area (Å²) in [7, 11) is 1.91. The molecular weight excluding hydrogens is 138 g/mol. The lowest BCUT2D eigenvalue weighted by Crippen LogP contribution is -2.03. The summed E-state index contributed by atoms with van der Waals surface area (Å²) in [5, 5.41) is 3.04. The van der Waals surface area contributed by atoms with Gasteiger partial charge in [0.1, 0.15) is 5.76 Å². The average Bonchev–Trinajstić information content (AvgIpc) is 2.37. The summed E-state index contributed by atoms with van der Waals surface area (Å²) in [6.45, 7) is 5.13. The van der Waals surface area contributed by atoms with Crippen LogP contribution in [0.3, 0.4) is 0 Å². The van der Waals surface area contributed by atoms with Gasteiger partial charge >= 0.3 is 0 Å². The zero-order valence-corrected chi connectivity index (χ0v) is 7.35. The molecule has 2 heteroatoms. The number of hydrogen-bond donors (Lipinski definition) is 1. The van der Waals surface area contributed by atoms with Gasteiger partial charge in [-0.2, -0.15) is 0 Å². The molecule has 0 aliphatic rings. The summed E-state index contributed by atoms with van der Waals surface area (Å²) in [6, 6.07) is 2.10. The molecule has 1 N–H and O–H groups in total. The predicted molar refractivity (Wildman–Crippen MR) is 45.6 cm³/mol. The Bertz CT molecular complexity index is 215. The fraction of sp³-hybridized carbons (Fsp3) is 0.556. The molecule has 62 valence electrons. The minimum Gasteiger partial charge on any atom is -0.468 e. The van der Waals surface area contributed by atoms with E-state index in [1.54, 1.807) is 0 Å². The van der Waals surface area contributed by atoms with E-state index in [4.69, 9.17) is 4.42 Å². The van der Waals surface area contributed by atoms with Crippen LogP contribution >= 0.6 is 0 Å². The largest absolute Gasteiger partial charge is 0.468 e. The molecule has 0 saturated carbocycles. The highest BCUT2D eigenvalue weighted by atomic mass is 16.3. The van der Waals surface area contributed by atoms with Gasteiger partial charge in [-0.1, -0.05) is 13.8 Å². The molecule has 11 heavy (non-hydrogen) atoms. The Balaban J connectivity index is 2.66. The summed E-state index contributed by atoms with van der Waals surface area (Å²) in [5.74, 6) is 1.57. The summed E-state index contributed by atoms with van der Waals surface area (Å²) < 4.78 is 5.30. The number of rotatable bonds is 3. The van der Waals surface area contributed by atoms with E-state index in [0.29, 0.717) is 5.92 Å². The van der Waals surface area contributed by atoms with Crippen LogP contribution in [0, 0.1) is 0 Å². The van der Waals surface area contributed by atoms with Crippen molar-refractivity contribution >= 4 is 0 Å². The first-order valence-corrected chi connectivity index (χ1v) is 3.96. The van der Waals surface area contributed by atoms with Gasteiger partial charge < -0.3 is 9.73 Å². The van der Waals surface area contributed by atoms with E-state index in [1.165, 1.54) is 5.56 Å². The first kappa shape index (κ1) is 8.34. The van der Waals surface area contributed by atoms with E-state index in [-0.39, 0.29) is 0 Å². The van der Waals surface area contributed by atoms with E-state index >= 15 is 0 Å². The fourth-order valence-electron chi connectivity index (χ4n) is 0.967. The van der Waals surface area contributed by atoms with Crippen LogP contribution in [0.5, 0.6) is 0 Å². The Morgan fingerprint density at radius 2 is 2.27 bits per heavy atom. The third kappa shape index (κ3) is 2.09. The summed E-state index contributed by atoms with van der Waals surface area (Å²) in [6.07, 6.45) is 1.83. The zero-order chi connectivity index (χ0) is 8.27. The van der Waals surface area contributed by atoms with Gasteiger partial charge in [0.25, 0.3) is 0 Å². The topological polar surface area (TPSA) is 25.2 Å². The van der Waals surface area contributed by atoms with Crippen molar-refractivity contribution < 1.29 is 4.42 Å². The van der Waals surface area contributed by atoms with Crippen LogP contribution in [-0.2, 0) is 6.54 Å². The Kier molecular flexibility index (Phi) is 2.71. The molecule has 0 atom stereocenters. The van der Waals surface area contributed by atoms with Gasteiger partial charge in [-0.25, -0.2) is 0 Å². The van der Waals surface area contributed by atoms with Crippen LogP contribution in [0.2, 0.25) is 0 Å². The second-order valence-electron chi connectivity index (χ2n) is 3.03. The Labute approximate surface area is 67.6 Å². The molecule has 1 aromatic rings. The van der Waals surface area contributed by atoms with Crippen molar-refractivity contribution in [3.63, 3.8) is 0 Å². The van der Waals surface area contributed by atoms with Crippen molar-refractivity contribution in [1.82, 2.24) is 5.32 Å². The van der Waals surface area contributed by atoms with E-state index in [0.717, 1.165) is 12.3 Å². The van der Waals surface area contributed by atoms with Crippen LogP contribution in [0.4, 0.5) is 0 Å². The summed E-state index contributed by atoms with van der Waals surface area (Å²) in [5.41, 5.74) is 1.27. The van der Waals surface area contributed by atoms with Crippen LogP contribution in [0.1, 0.15) is 31.1 Å². The standard InChI is InChI=1S/C9H15NO/c1-7(2)8-4-9(5-10-3)11-6-8/h4,6-7,10H,5H2,1-3H3. The van der Waals surface area contributed by atoms with E-state index < -0.39 is 0 Å². The van der Waals surface area contributed by atoms with Gasteiger partial charge in [0.2, 0.25) is 0 Å². The molecule has 1 aromatic heterocycles. The molecule has 0 saturated heterocycles. The zero-order valence-electron chi connectivity index (χ0n) is 7.35. The summed E-state index contributed by atoms with van der Waals surface area (Å²) in [4.78, 5) is 0. The number of furan rings is 1. The first-order valence-electron chi connectivity index (χ1n) is 3.96. The molecule has 2 nitrogen and oxygen atoms in total. The third-order valence-electron chi connectivity index (χ3n) is 1.69. The SMILES string of the molecule is CNCc1cc(C(C)C)co1. The average molecular weight is 153 g/mol. The minimum absolute atomic E-state index is 0.560. The Hall–Kier alpha value is -0.760. The van der Waals surface area contributed by atoms with Crippen LogP contribution in [-0.4, -0.2) is 7.05 Å². The van der Waals surface area contributed by atoms with Crippen LogP contribution in [0.15, 0.2) is 16.7 Å². The number of hydrogen-bond acceptors (Lipinski definition) is 2. The smallest absolute Gasteiger partial charge is 0.117 e. The molecule has 1 rings (SSSR count). The lowest BCUT2D eigenvalue weighted by Gasteiger charge is -1.95. The molecule has 0 bridgehead atoms. The van der Waals surface area contributed by atoms with Crippen molar-refractivity contribution in [2.75, 3.05) is 7.05 Å². The van der Waals surface area contributed by atoms with Crippen LogP contribution < -0.4 is 5.32 Å². The molecule has 0 aliphatic carbocycles. The van der Waals surface area contributed by atoms with Crippen molar-refractivity contribution in [2.24, 2.45) is 0 Å². The molecule has 0 amide bonds. The van der Waals surface area contributed by atoms with E-state index in [1.807, 2.05) is 13.3 Å². The molecule has 0 radical (unpaired) electrons. The molecule has 1 heterocycles. The van der Waals surface area contributed by atoms with Crippen molar-refractivity contribution in [3.05, 3.63) is 23.7 Å². The molecule has 0 spiro atoms. The second-order valence-corrected chi connectivity index (χ2v) is 3.03. The van der Waals surface area contributed by atoms with Crippen molar-refractivity contribution in [2.45, 2.75) is 26.3 Å². The van der Waals surface area contributed by atoms with Gasteiger partial charge in [-0.15, -0.1) is 0 Å².